The van der Waals surface area contributed by atoms with Crippen molar-refractivity contribution < 1.29 is 4.52 Å². The molecule has 0 radical (unpaired) electrons. The molecule has 1 aromatic carbocycles. The smallest absolute Gasteiger partial charge is 0.226 e. The third-order valence-electron chi connectivity index (χ3n) is 3.08. The predicted molar refractivity (Wildman–Crippen MR) is 78.6 cm³/mol. The summed E-state index contributed by atoms with van der Waals surface area (Å²) in [5, 5.41) is 4.96. The fourth-order valence-electron chi connectivity index (χ4n) is 2.09. The number of aromatic nitrogens is 4. The lowest BCUT2D eigenvalue weighted by Crippen LogP contribution is -1.96. The predicted octanol–water partition coefficient (Wildman–Crippen LogP) is 3.29. The van der Waals surface area contributed by atoms with Crippen LogP contribution in [0.5, 0.6) is 0 Å². The van der Waals surface area contributed by atoms with Crippen LogP contribution < -0.4 is 0 Å². The summed E-state index contributed by atoms with van der Waals surface area (Å²) in [5.74, 6) is 2.08. The zero-order valence-corrected chi connectivity index (χ0v) is 12.4. The monoisotopic (exact) mass is 288 g/mol. The Hall–Kier alpha value is -1.82. The summed E-state index contributed by atoms with van der Waals surface area (Å²) < 4.78 is 7.33. The van der Waals surface area contributed by atoms with Crippen molar-refractivity contribution in [3.05, 3.63) is 36.0 Å². The molecule has 104 valence electrons. The van der Waals surface area contributed by atoms with Crippen molar-refractivity contribution >= 4 is 22.8 Å². The molecule has 20 heavy (non-hydrogen) atoms. The highest BCUT2D eigenvalue weighted by molar-refractivity contribution is 7.98. The molecule has 0 spiro atoms. The Morgan fingerprint density at radius 3 is 2.80 bits per heavy atom. The normalized spacial score (nSPS) is 11.3. The second-order valence-corrected chi connectivity index (χ2v) is 5.32. The van der Waals surface area contributed by atoms with Crippen LogP contribution in [0.25, 0.3) is 11.0 Å². The van der Waals surface area contributed by atoms with Crippen molar-refractivity contribution in [1.82, 2.24) is 19.7 Å². The standard InChI is InChI=1S/C14H16N4OS/c1-3-13-16-12(17-19-13)9-20-14-15-10-7-5-6-8-11(10)18(14)4-2/h5-8H,3-4,9H2,1-2H3. The van der Waals surface area contributed by atoms with Crippen LogP contribution in [0.1, 0.15) is 25.6 Å². The van der Waals surface area contributed by atoms with E-state index in [1.165, 1.54) is 5.52 Å². The molecule has 3 rings (SSSR count). The zero-order chi connectivity index (χ0) is 13.9. The van der Waals surface area contributed by atoms with Crippen molar-refractivity contribution in [3.63, 3.8) is 0 Å². The van der Waals surface area contributed by atoms with Gasteiger partial charge in [0.1, 0.15) is 0 Å². The van der Waals surface area contributed by atoms with Gasteiger partial charge < -0.3 is 9.09 Å². The van der Waals surface area contributed by atoms with Gasteiger partial charge in [0.15, 0.2) is 11.0 Å². The van der Waals surface area contributed by atoms with Crippen LogP contribution in [-0.2, 0) is 18.7 Å². The van der Waals surface area contributed by atoms with Crippen LogP contribution in [-0.4, -0.2) is 19.7 Å². The molecule has 0 atom stereocenters. The number of hydrogen-bond donors (Lipinski definition) is 0. The molecule has 0 aliphatic heterocycles. The van der Waals surface area contributed by atoms with Gasteiger partial charge in [-0.3, -0.25) is 0 Å². The summed E-state index contributed by atoms with van der Waals surface area (Å²) in [6.45, 7) is 5.03. The number of aryl methyl sites for hydroxylation is 2. The van der Waals surface area contributed by atoms with E-state index in [0.29, 0.717) is 11.6 Å². The molecule has 0 aliphatic rings. The quantitative estimate of drug-likeness (QED) is 0.674. The van der Waals surface area contributed by atoms with Gasteiger partial charge in [-0.05, 0) is 19.1 Å². The minimum Gasteiger partial charge on any atom is -0.339 e. The molecule has 0 saturated heterocycles. The summed E-state index contributed by atoms with van der Waals surface area (Å²) in [5.41, 5.74) is 2.19. The summed E-state index contributed by atoms with van der Waals surface area (Å²) >= 11 is 1.64. The first-order valence-corrected chi connectivity index (χ1v) is 7.70. The molecule has 2 aromatic heterocycles. The van der Waals surface area contributed by atoms with Crippen LogP contribution in [0.2, 0.25) is 0 Å². The highest BCUT2D eigenvalue weighted by Gasteiger charge is 2.11. The van der Waals surface area contributed by atoms with Gasteiger partial charge in [0.2, 0.25) is 5.89 Å². The highest BCUT2D eigenvalue weighted by Crippen LogP contribution is 2.25. The molecule has 0 aliphatic carbocycles. The summed E-state index contributed by atoms with van der Waals surface area (Å²) in [4.78, 5) is 8.98. The molecule has 2 heterocycles. The second kappa shape index (κ2) is 5.66. The van der Waals surface area contributed by atoms with E-state index in [2.05, 4.69) is 32.7 Å². The number of thioether (sulfide) groups is 1. The average molecular weight is 288 g/mol. The third-order valence-corrected chi connectivity index (χ3v) is 4.05. The van der Waals surface area contributed by atoms with Crippen molar-refractivity contribution in [2.24, 2.45) is 0 Å². The number of imidazole rings is 1. The first kappa shape index (κ1) is 13.2. The Labute approximate surface area is 121 Å². The summed E-state index contributed by atoms with van der Waals surface area (Å²) in [7, 11) is 0. The fourth-order valence-corrected chi connectivity index (χ4v) is 3.01. The molecular weight excluding hydrogens is 272 g/mol. The molecule has 3 aromatic rings. The van der Waals surface area contributed by atoms with Crippen LogP contribution in [0.3, 0.4) is 0 Å². The van der Waals surface area contributed by atoms with Gasteiger partial charge in [-0.15, -0.1) is 0 Å². The van der Waals surface area contributed by atoms with Gasteiger partial charge in [0, 0.05) is 13.0 Å². The van der Waals surface area contributed by atoms with E-state index in [1.807, 2.05) is 25.1 Å². The molecule has 0 N–H and O–H groups in total. The third kappa shape index (κ3) is 2.43. The van der Waals surface area contributed by atoms with Crippen LogP contribution in [0, 0.1) is 0 Å². The Bertz CT molecular complexity index is 719. The van der Waals surface area contributed by atoms with Gasteiger partial charge >= 0.3 is 0 Å². The number of fused-ring (bicyclic) bond motifs is 1. The van der Waals surface area contributed by atoms with Crippen molar-refractivity contribution in [2.45, 2.75) is 37.7 Å². The van der Waals surface area contributed by atoms with E-state index in [4.69, 9.17) is 4.52 Å². The molecule has 0 fully saturated rings. The van der Waals surface area contributed by atoms with Gasteiger partial charge in [0.25, 0.3) is 0 Å². The first-order valence-electron chi connectivity index (χ1n) is 6.71. The molecule has 0 unspecified atom stereocenters. The van der Waals surface area contributed by atoms with Gasteiger partial charge in [-0.1, -0.05) is 36.0 Å². The van der Waals surface area contributed by atoms with Crippen molar-refractivity contribution in [2.75, 3.05) is 0 Å². The van der Waals surface area contributed by atoms with E-state index in [-0.39, 0.29) is 0 Å². The second-order valence-electron chi connectivity index (χ2n) is 4.37. The van der Waals surface area contributed by atoms with E-state index >= 15 is 0 Å². The largest absolute Gasteiger partial charge is 0.339 e. The molecule has 0 bridgehead atoms. The summed E-state index contributed by atoms with van der Waals surface area (Å²) in [6, 6.07) is 8.18. The van der Waals surface area contributed by atoms with Crippen molar-refractivity contribution in [1.29, 1.82) is 0 Å². The Balaban J connectivity index is 1.83. The minimum absolute atomic E-state index is 0.673. The number of hydrogen-bond acceptors (Lipinski definition) is 5. The van der Waals surface area contributed by atoms with E-state index < -0.39 is 0 Å². The lowest BCUT2D eigenvalue weighted by molar-refractivity contribution is 0.378. The Morgan fingerprint density at radius 2 is 2.05 bits per heavy atom. The molecule has 5 nitrogen and oxygen atoms in total. The van der Waals surface area contributed by atoms with Gasteiger partial charge in [-0.25, -0.2) is 4.98 Å². The van der Waals surface area contributed by atoms with Crippen LogP contribution >= 0.6 is 11.8 Å². The maximum atomic E-state index is 5.12. The number of nitrogens with zero attached hydrogens (tertiary/aromatic N) is 4. The first-order chi connectivity index (χ1) is 9.81. The SMILES string of the molecule is CCc1nc(CSc2nc3ccccc3n2CC)no1. The number of benzene rings is 1. The van der Waals surface area contributed by atoms with Crippen LogP contribution in [0.4, 0.5) is 0 Å². The van der Waals surface area contributed by atoms with E-state index in [9.17, 15) is 0 Å². The van der Waals surface area contributed by atoms with E-state index in [0.717, 1.165) is 29.5 Å². The maximum Gasteiger partial charge on any atom is 0.226 e. The number of rotatable bonds is 5. The minimum atomic E-state index is 0.673. The highest BCUT2D eigenvalue weighted by atomic mass is 32.2. The Kier molecular flexibility index (Phi) is 3.73. The molecule has 0 saturated carbocycles. The summed E-state index contributed by atoms with van der Waals surface area (Å²) in [6.07, 6.45) is 0.769. The Morgan fingerprint density at radius 1 is 1.20 bits per heavy atom. The van der Waals surface area contributed by atoms with Crippen molar-refractivity contribution in [3.8, 4) is 0 Å². The van der Waals surface area contributed by atoms with Gasteiger partial charge in [0.05, 0.1) is 16.8 Å². The van der Waals surface area contributed by atoms with Crippen LogP contribution in [0.15, 0.2) is 33.9 Å². The van der Waals surface area contributed by atoms with E-state index in [1.54, 1.807) is 11.8 Å². The zero-order valence-electron chi connectivity index (χ0n) is 11.5. The molecule has 0 amide bonds. The lowest BCUT2D eigenvalue weighted by Gasteiger charge is -2.03. The number of para-hydroxylation sites is 2. The topological polar surface area (TPSA) is 56.7 Å². The molecular formula is C14H16N4OS. The lowest BCUT2D eigenvalue weighted by atomic mass is 10.3. The maximum absolute atomic E-state index is 5.12. The van der Waals surface area contributed by atoms with Gasteiger partial charge in [-0.2, -0.15) is 4.98 Å². The molecule has 6 heteroatoms. The average Bonchev–Trinajstić information content (AvgIpc) is 3.08. The fraction of sp³-hybridized carbons (Fsp3) is 0.357.